The molecule has 0 radical (unpaired) electrons. The van der Waals surface area contributed by atoms with Gasteiger partial charge in [-0.05, 0) is 73.7 Å². The number of amides is 1. The van der Waals surface area contributed by atoms with E-state index in [0.717, 1.165) is 28.7 Å². The second-order valence-electron chi connectivity index (χ2n) is 9.45. The first-order valence-corrected chi connectivity index (χ1v) is 13.2. The maximum atomic E-state index is 13.0. The first-order valence-electron chi connectivity index (χ1n) is 13.2. The van der Waals surface area contributed by atoms with E-state index in [4.69, 9.17) is 14.2 Å². The van der Waals surface area contributed by atoms with Crippen molar-refractivity contribution in [2.24, 2.45) is 5.92 Å². The molecule has 206 valence electrons. The number of ether oxygens (including phenoxy) is 3. The van der Waals surface area contributed by atoms with Crippen molar-refractivity contribution < 1.29 is 23.8 Å². The van der Waals surface area contributed by atoms with Crippen LogP contribution in [0.15, 0.2) is 60.2 Å². The Morgan fingerprint density at radius 3 is 2.51 bits per heavy atom. The second kappa shape index (κ2) is 14.1. The summed E-state index contributed by atoms with van der Waals surface area (Å²) in [6.45, 7) is 8.67. The highest BCUT2D eigenvalue weighted by Gasteiger charge is 2.16. The van der Waals surface area contributed by atoms with Crippen LogP contribution in [0.4, 0.5) is 0 Å². The van der Waals surface area contributed by atoms with Crippen molar-refractivity contribution in [2.45, 2.75) is 47.1 Å². The summed E-state index contributed by atoms with van der Waals surface area (Å²) in [5.74, 6) is 1.09. The molecule has 1 aromatic heterocycles. The van der Waals surface area contributed by atoms with Gasteiger partial charge in [-0.1, -0.05) is 38.5 Å². The number of hydrogen-bond acceptors (Lipinski definition) is 6. The summed E-state index contributed by atoms with van der Waals surface area (Å²) in [5.41, 5.74) is 5.26. The molecule has 7 heteroatoms. The number of carbonyl (C=O) groups is 2. The second-order valence-corrected chi connectivity index (χ2v) is 9.45. The molecule has 1 atom stereocenters. The van der Waals surface area contributed by atoms with Gasteiger partial charge in [0, 0.05) is 29.3 Å². The van der Waals surface area contributed by atoms with Crippen molar-refractivity contribution >= 4 is 18.0 Å². The first kappa shape index (κ1) is 29.4. The maximum Gasteiger partial charge on any atom is 0.334 e. The third-order valence-electron chi connectivity index (χ3n) is 6.62. The van der Waals surface area contributed by atoms with Crippen LogP contribution in [0.1, 0.15) is 60.8 Å². The highest BCUT2D eigenvalue weighted by Crippen LogP contribution is 2.26. The zero-order chi connectivity index (χ0) is 28.4. The molecule has 1 heterocycles. The number of nitrogens with zero attached hydrogens (tertiary/aromatic N) is 1. The van der Waals surface area contributed by atoms with Gasteiger partial charge in [-0.15, -0.1) is 0 Å². The number of hydrogen-bond donors (Lipinski definition) is 1. The normalized spacial score (nSPS) is 12.0. The summed E-state index contributed by atoms with van der Waals surface area (Å²) < 4.78 is 16.0. The van der Waals surface area contributed by atoms with Gasteiger partial charge >= 0.3 is 5.97 Å². The fraction of sp³-hybridized carbons (Fsp3) is 0.344. The molecule has 0 fully saturated rings. The Labute approximate surface area is 231 Å². The third-order valence-corrected chi connectivity index (χ3v) is 6.62. The monoisotopic (exact) mass is 530 g/mol. The molecule has 0 aliphatic rings. The number of rotatable bonds is 12. The van der Waals surface area contributed by atoms with Crippen LogP contribution in [0.5, 0.6) is 11.5 Å². The molecule has 1 unspecified atom stereocenters. The van der Waals surface area contributed by atoms with Gasteiger partial charge in [-0.3, -0.25) is 4.79 Å². The number of aromatic nitrogens is 1. The Kier molecular flexibility index (Phi) is 10.7. The van der Waals surface area contributed by atoms with E-state index in [0.29, 0.717) is 47.4 Å². The van der Waals surface area contributed by atoms with Crippen LogP contribution in [-0.4, -0.2) is 37.7 Å². The van der Waals surface area contributed by atoms with Crippen molar-refractivity contribution in [1.82, 2.24) is 10.3 Å². The fourth-order valence-corrected chi connectivity index (χ4v) is 4.07. The lowest BCUT2D eigenvalue weighted by Gasteiger charge is -2.13. The van der Waals surface area contributed by atoms with Crippen molar-refractivity contribution in [3.63, 3.8) is 0 Å². The summed E-state index contributed by atoms with van der Waals surface area (Å²) in [7, 11) is 3.17. The van der Waals surface area contributed by atoms with Gasteiger partial charge in [0.1, 0.15) is 17.2 Å². The molecule has 7 nitrogen and oxygen atoms in total. The molecule has 3 aromatic rings. The summed E-state index contributed by atoms with van der Waals surface area (Å²) in [5, 5.41) is 2.92. The predicted octanol–water partition coefficient (Wildman–Crippen LogP) is 6.39. The van der Waals surface area contributed by atoms with E-state index >= 15 is 0 Å². The minimum Gasteiger partial charge on any atom is -0.497 e. The van der Waals surface area contributed by atoms with E-state index < -0.39 is 0 Å². The summed E-state index contributed by atoms with van der Waals surface area (Å²) in [6, 6.07) is 16.8. The van der Waals surface area contributed by atoms with Gasteiger partial charge in [-0.25, -0.2) is 9.78 Å². The van der Waals surface area contributed by atoms with Crippen molar-refractivity contribution in [3.8, 4) is 22.8 Å². The van der Waals surface area contributed by atoms with Gasteiger partial charge in [0.05, 0.1) is 26.5 Å². The molecule has 0 aliphatic heterocycles. The van der Waals surface area contributed by atoms with Crippen LogP contribution in [0, 0.1) is 12.8 Å². The Morgan fingerprint density at radius 2 is 1.82 bits per heavy atom. The molecular formula is C32H38N2O5. The quantitative estimate of drug-likeness (QED) is 0.216. The summed E-state index contributed by atoms with van der Waals surface area (Å²) in [6.07, 6.45) is 3.54. The van der Waals surface area contributed by atoms with E-state index in [1.165, 1.54) is 0 Å². The molecule has 0 aliphatic carbocycles. The molecule has 39 heavy (non-hydrogen) atoms. The fourth-order valence-electron chi connectivity index (χ4n) is 4.07. The van der Waals surface area contributed by atoms with Crippen molar-refractivity contribution in [3.05, 3.63) is 82.6 Å². The number of benzene rings is 2. The summed E-state index contributed by atoms with van der Waals surface area (Å²) in [4.78, 5) is 30.2. The predicted molar refractivity (Wildman–Crippen MR) is 154 cm³/mol. The standard InChI is InChI=1S/C32H38N2O5/c1-7-21(3)16-26(32(36)39-8-2)18-25-17-23(13-12-22(25)4)28-10-9-11-29(34-28)31(35)33-20-24-14-15-27(37-5)19-30(24)38-6/h9-15,17-19,21H,7-8,16,20H2,1-6H3,(H,33,35). The minimum atomic E-state index is -0.292. The summed E-state index contributed by atoms with van der Waals surface area (Å²) >= 11 is 0. The molecule has 0 saturated carbocycles. The van der Waals surface area contributed by atoms with Crippen LogP contribution in [-0.2, 0) is 16.1 Å². The number of esters is 1. The topological polar surface area (TPSA) is 86.8 Å². The molecule has 3 rings (SSSR count). The zero-order valence-corrected chi connectivity index (χ0v) is 23.7. The number of aryl methyl sites for hydroxylation is 1. The smallest absolute Gasteiger partial charge is 0.334 e. The Bertz CT molecular complexity index is 1330. The van der Waals surface area contributed by atoms with Crippen LogP contribution in [0.25, 0.3) is 17.3 Å². The molecule has 1 N–H and O–H groups in total. The van der Waals surface area contributed by atoms with Crippen molar-refractivity contribution in [1.29, 1.82) is 0 Å². The molecule has 2 aromatic carbocycles. The van der Waals surface area contributed by atoms with E-state index in [-0.39, 0.29) is 18.4 Å². The number of pyridine rings is 1. The van der Waals surface area contributed by atoms with Crippen molar-refractivity contribution in [2.75, 3.05) is 20.8 Å². The lowest BCUT2D eigenvalue weighted by molar-refractivity contribution is -0.138. The van der Waals surface area contributed by atoms with E-state index in [1.807, 2.05) is 62.4 Å². The van der Waals surface area contributed by atoms with Crippen LogP contribution >= 0.6 is 0 Å². The number of nitrogens with one attached hydrogen (secondary N) is 1. The largest absolute Gasteiger partial charge is 0.497 e. The molecule has 1 amide bonds. The Balaban J connectivity index is 1.84. The van der Waals surface area contributed by atoms with E-state index in [9.17, 15) is 9.59 Å². The van der Waals surface area contributed by atoms with Crippen LogP contribution < -0.4 is 14.8 Å². The Hall–Kier alpha value is -4.13. The maximum absolute atomic E-state index is 13.0. The first-order chi connectivity index (χ1) is 18.8. The number of methoxy groups -OCH3 is 2. The van der Waals surface area contributed by atoms with Gasteiger partial charge in [0.2, 0.25) is 0 Å². The molecule has 0 saturated heterocycles. The molecular weight excluding hydrogens is 492 g/mol. The van der Waals surface area contributed by atoms with Gasteiger partial charge < -0.3 is 19.5 Å². The molecule has 0 spiro atoms. The average Bonchev–Trinajstić information content (AvgIpc) is 2.96. The van der Waals surface area contributed by atoms with E-state index in [2.05, 4.69) is 24.1 Å². The van der Waals surface area contributed by atoms with E-state index in [1.54, 1.807) is 26.4 Å². The third kappa shape index (κ3) is 7.93. The SMILES string of the molecule is CCOC(=O)C(=Cc1cc(-c2cccc(C(=O)NCc3ccc(OC)cc3OC)n2)ccc1C)CC(C)CC. The highest BCUT2D eigenvalue weighted by atomic mass is 16.5. The average molecular weight is 531 g/mol. The lowest BCUT2D eigenvalue weighted by atomic mass is 9.95. The van der Waals surface area contributed by atoms with Gasteiger partial charge in [0.15, 0.2) is 0 Å². The highest BCUT2D eigenvalue weighted by molar-refractivity contribution is 5.94. The minimum absolute atomic E-state index is 0.282. The van der Waals surface area contributed by atoms with Gasteiger partial charge in [0.25, 0.3) is 5.91 Å². The Morgan fingerprint density at radius 1 is 1.03 bits per heavy atom. The molecule has 0 bridgehead atoms. The number of carbonyl (C=O) groups excluding carboxylic acids is 2. The van der Waals surface area contributed by atoms with Crippen LogP contribution in [0.2, 0.25) is 0 Å². The lowest BCUT2D eigenvalue weighted by Crippen LogP contribution is -2.24. The zero-order valence-electron chi connectivity index (χ0n) is 23.7. The van der Waals surface area contributed by atoms with Gasteiger partial charge in [-0.2, -0.15) is 0 Å². The van der Waals surface area contributed by atoms with Crippen LogP contribution in [0.3, 0.4) is 0 Å².